The third-order valence-corrected chi connectivity index (χ3v) is 14.7. The highest BCUT2D eigenvalue weighted by molar-refractivity contribution is 5.99. The second-order valence-corrected chi connectivity index (χ2v) is 22.0. The number of guanidine groups is 2. The lowest BCUT2D eigenvalue weighted by Gasteiger charge is -2.27. The first kappa shape index (κ1) is 76.8. The zero-order chi connectivity index (χ0) is 65.9. The Bertz CT molecular complexity index is 2560. The second kappa shape index (κ2) is 41.0. The molecule has 0 bridgehead atoms. The number of carbonyl (C=O) groups excluding carboxylic acids is 11. The van der Waals surface area contributed by atoms with Gasteiger partial charge in [-0.2, -0.15) is 0 Å². The Morgan fingerprint density at radius 2 is 0.977 bits per heavy atom. The number of carboxylic acids is 2. The summed E-state index contributed by atoms with van der Waals surface area (Å²) in [5.41, 5.74) is 33.8. The summed E-state index contributed by atoms with van der Waals surface area (Å²) in [6.45, 7) is 6.57. The van der Waals surface area contributed by atoms with Gasteiger partial charge in [-0.05, 0) is 69.4 Å². The van der Waals surface area contributed by atoms with Gasteiger partial charge in [0.05, 0.1) is 37.2 Å². The Kier molecular flexibility index (Phi) is 36.2. The molecule has 1 aromatic carbocycles. The van der Waals surface area contributed by atoms with Gasteiger partial charge in [-0.1, -0.05) is 70.9 Å². The molecule has 0 spiro atoms. The van der Waals surface area contributed by atoms with Gasteiger partial charge in [0.25, 0.3) is 0 Å². The van der Waals surface area contributed by atoms with Crippen LogP contribution in [0.3, 0.4) is 0 Å². The first-order valence-corrected chi connectivity index (χ1v) is 29.2. The maximum absolute atomic E-state index is 14.4. The first-order valence-electron chi connectivity index (χ1n) is 29.2. The first-order chi connectivity index (χ1) is 40.9. The van der Waals surface area contributed by atoms with E-state index in [4.69, 9.17) is 34.4 Å². The van der Waals surface area contributed by atoms with Crippen molar-refractivity contribution in [2.45, 2.75) is 174 Å². The molecule has 0 unspecified atom stereocenters. The number of aliphatic carboxylic acids is 2. The lowest BCUT2D eigenvalue weighted by molar-refractivity contribution is -0.141. The highest BCUT2D eigenvalue weighted by Crippen LogP contribution is 2.24. The molecule has 1 aromatic rings. The monoisotopic (exact) mass is 1230 g/mol. The van der Waals surface area contributed by atoms with E-state index in [1.807, 2.05) is 0 Å². The molecule has 0 saturated carbocycles. The number of nitrogens with zero attached hydrogens (tertiary/aromatic N) is 2. The largest absolute Gasteiger partial charge is 0.481 e. The highest BCUT2D eigenvalue weighted by Gasteiger charge is 2.37. The Hall–Kier alpha value is -8.21. The van der Waals surface area contributed by atoms with Crippen LogP contribution in [0.2, 0.25) is 0 Å². The lowest BCUT2D eigenvalue weighted by atomic mass is 9.84. The smallest absolute Gasteiger partial charge is 0.305 e. The van der Waals surface area contributed by atoms with E-state index in [-0.39, 0.29) is 82.9 Å². The number of nitrogens with two attached hydrogens (primary N) is 6. The molecule has 0 aliphatic rings. The van der Waals surface area contributed by atoms with Gasteiger partial charge in [-0.25, -0.2) is 0 Å². The third kappa shape index (κ3) is 31.1. The fourth-order valence-corrected chi connectivity index (χ4v) is 9.34. The molecule has 29 nitrogen and oxygen atoms in total. The second-order valence-electron chi connectivity index (χ2n) is 22.0. The minimum atomic E-state index is -1.71. The quantitative estimate of drug-likeness (QED) is 0.0205. The van der Waals surface area contributed by atoms with Crippen LogP contribution in [-0.2, 0) is 68.7 Å². The average molecular weight is 1230 g/mol. The van der Waals surface area contributed by atoms with Crippen molar-refractivity contribution >= 4 is 88.2 Å². The van der Waals surface area contributed by atoms with Crippen molar-refractivity contribution < 1.29 is 77.6 Å². The maximum atomic E-state index is 14.4. The molecule has 6 amide bonds. The van der Waals surface area contributed by atoms with Crippen LogP contribution in [0.15, 0.2) is 40.3 Å². The van der Waals surface area contributed by atoms with Gasteiger partial charge in [0.15, 0.2) is 40.8 Å². The number of hydrogen-bond acceptors (Lipinski definition) is 17. The molecule has 0 aliphatic heterocycles. The Morgan fingerprint density at radius 3 is 1.47 bits per heavy atom. The summed E-state index contributed by atoms with van der Waals surface area (Å²) in [6.07, 6.45) is -2.82. The van der Waals surface area contributed by atoms with Crippen LogP contribution in [0.5, 0.6) is 0 Å². The Morgan fingerprint density at radius 1 is 0.506 bits per heavy atom. The normalized spacial score (nSPS) is 14.8. The fourth-order valence-electron chi connectivity index (χ4n) is 9.34. The Balaban J connectivity index is 3.49. The Labute approximate surface area is 506 Å². The summed E-state index contributed by atoms with van der Waals surface area (Å²) in [5.74, 6) is -17.6. The third-order valence-electron chi connectivity index (χ3n) is 14.7. The zero-order valence-corrected chi connectivity index (χ0v) is 50.6. The number of carbonyl (C=O) groups is 13. The van der Waals surface area contributed by atoms with Crippen LogP contribution < -0.4 is 61.0 Å². The van der Waals surface area contributed by atoms with Crippen molar-refractivity contribution in [1.82, 2.24) is 26.6 Å². The predicted octanol–water partition coefficient (Wildman–Crippen LogP) is -1.31. The van der Waals surface area contributed by atoms with Crippen LogP contribution >= 0.6 is 0 Å². The average Bonchev–Trinajstić information content (AvgIpc) is 3.49. The van der Waals surface area contributed by atoms with Gasteiger partial charge < -0.3 is 76.3 Å². The van der Waals surface area contributed by atoms with Crippen molar-refractivity contribution in [3.8, 4) is 0 Å². The van der Waals surface area contributed by atoms with E-state index >= 15 is 0 Å². The van der Waals surface area contributed by atoms with E-state index in [1.165, 1.54) is 13.8 Å². The van der Waals surface area contributed by atoms with Crippen molar-refractivity contribution in [3.05, 3.63) is 35.9 Å². The number of ketones is 5. The van der Waals surface area contributed by atoms with Crippen molar-refractivity contribution in [2.24, 2.45) is 79.9 Å². The molecule has 20 N–H and O–H groups in total. The number of aliphatic imine (C=N–C) groups is 2. The minimum absolute atomic E-state index is 0.00934. The molecule has 87 heavy (non-hydrogen) atoms. The predicted molar refractivity (Wildman–Crippen MR) is 320 cm³/mol. The van der Waals surface area contributed by atoms with E-state index in [0.717, 1.165) is 6.92 Å². The molecule has 29 heteroatoms. The van der Waals surface area contributed by atoms with Gasteiger partial charge in [0.2, 0.25) is 35.4 Å². The molecule has 0 fully saturated rings. The van der Waals surface area contributed by atoms with Crippen LogP contribution in [-0.4, -0.2) is 160 Å². The van der Waals surface area contributed by atoms with E-state index in [1.54, 1.807) is 44.2 Å². The summed E-state index contributed by atoms with van der Waals surface area (Å²) < 4.78 is 0. The summed E-state index contributed by atoms with van der Waals surface area (Å²) in [6, 6.07) is 1.62. The topological polar surface area (TPSA) is 524 Å². The summed E-state index contributed by atoms with van der Waals surface area (Å²) in [7, 11) is 0. The molecule has 0 heterocycles. The van der Waals surface area contributed by atoms with Gasteiger partial charge in [0.1, 0.15) is 6.04 Å². The summed E-state index contributed by atoms with van der Waals surface area (Å²) in [5, 5.41) is 42.2. The molecule has 0 aromatic heterocycles. The number of aliphatic hydroxyl groups excluding tert-OH is 1. The van der Waals surface area contributed by atoms with Crippen molar-refractivity contribution in [1.29, 1.82) is 0 Å². The molecule has 0 radical (unpaired) electrons. The standard InChI is InChI=1S/C58H93N13O16/c1-6-32(2)39(56(87)70-42(26-36-14-8-7-9-15-36)45(74)24-33(3)52(60)83)29-49(78)43(30-51(81)82)69-53(84)34(4)25-46(75)44(31-72)71-55(86)38(17-12-22-65-57(61)62)28-47(76)40(18-13-23-66-58(63)64)68-54(85)37(16-10-11-21-59)27-48(77)41(67-35(5)73)19-20-50(79)80/h7-9,14-15,32-34,37-44,72H,6,10-13,16-31,59H2,1-5H3,(H2,60,83)(H,67,73)(H,68,85)(H,69,84)(H,70,87)(H,71,86)(H,79,80)(H,81,82)(H4,61,62,65)(H4,63,64,66)/t32-,33+,34+,37+,38+,39-,40-,41-,42-,43-,44-/m0/s1. The SMILES string of the molecule is CC[C@H](C)[C@H](CC(=O)[C@H](CC(=O)O)NC(=O)[C@H](C)CC(=O)[C@H](CO)NC(=O)[C@H](CCCN=C(N)N)CC(=O)[C@H](CCCN=C(N)N)NC(=O)[C@H](CCCCN)CC(=O)[C@H](CCC(=O)O)NC(C)=O)C(=O)N[C@@H](Cc1ccccc1)C(=O)C[C@@H](C)C(N)=O. The molecule has 0 saturated heterocycles. The molecular formula is C58H93N13O16. The number of benzene rings is 1. The molecular weight excluding hydrogens is 1130 g/mol. The molecule has 1 rings (SSSR count). The van der Waals surface area contributed by atoms with Crippen molar-refractivity contribution in [3.63, 3.8) is 0 Å². The van der Waals surface area contributed by atoms with Gasteiger partial charge in [-0.3, -0.25) is 72.3 Å². The van der Waals surface area contributed by atoms with Crippen molar-refractivity contribution in [2.75, 3.05) is 26.2 Å². The van der Waals surface area contributed by atoms with Crippen LogP contribution in [0.25, 0.3) is 0 Å². The number of Topliss-reactive ketones (excluding diaryl/α,β-unsaturated/α-hetero) is 5. The highest BCUT2D eigenvalue weighted by atomic mass is 16.4. The number of carboxylic acid groups (broad SMARTS) is 2. The van der Waals surface area contributed by atoms with E-state index in [0.29, 0.717) is 24.8 Å². The van der Waals surface area contributed by atoms with Gasteiger partial charge in [-0.15, -0.1) is 0 Å². The van der Waals surface area contributed by atoms with E-state index < -0.39 is 187 Å². The molecule has 11 atom stereocenters. The van der Waals surface area contributed by atoms with Gasteiger partial charge in [0, 0.05) is 88.1 Å². The number of primary amides is 1. The van der Waals surface area contributed by atoms with E-state index in [9.17, 15) is 77.6 Å². The van der Waals surface area contributed by atoms with Crippen LogP contribution in [0.4, 0.5) is 0 Å². The number of amides is 6. The van der Waals surface area contributed by atoms with E-state index in [2.05, 4.69) is 36.6 Å². The number of unbranched alkanes of at least 4 members (excludes halogenated alkanes) is 1. The maximum Gasteiger partial charge on any atom is 0.305 e. The molecule has 0 aliphatic carbocycles. The number of rotatable bonds is 47. The lowest BCUT2D eigenvalue weighted by Crippen LogP contribution is -2.50. The number of aliphatic hydroxyl groups is 1. The van der Waals surface area contributed by atoms with Crippen LogP contribution in [0.1, 0.15) is 143 Å². The minimum Gasteiger partial charge on any atom is -0.481 e. The van der Waals surface area contributed by atoms with Gasteiger partial charge >= 0.3 is 11.9 Å². The number of nitrogens with one attached hydrogen (secondary N) is 5. The van der Waals surface area contributed by atoms with Crippen LogP contribution in [0, 0.1) is 35.5 Å². The fraction of sp³-hybridized carbons (Fsp3) is 0.638. The summed E-state index contributed by atoms with van der Waals surface area (Å²) in [4.78, 5) is 181. The number of hydrogen-bond donors (Lipinski definition) is 14. The zero-order valence-electron chi connectivity index (χ0n) is 50.6. The molecule has 486 valence electrons. The summed E-state index contributed by atoms with van der Waals surface area (Å²) >= 11 is 0.